The van der Waals surface area contributed by atoms with Gasteiger partial charge in [0, 0.05) is 0 Å². The molecule has 0 spiro atoms. The highest BCUT2D eigenvalue weighted by Gasteiger charge is 2.42. The highest BCUT2D eigenvalue weighted by Crippen LogP contribution is 2.28. The number of aliphatic hydroxyl groups is 2. The van der Waals surface area contributed by atoms with Gasteiger partial charge >= 0.3 is 0 Å². The van der Waals surface area contributed by atoms with Crippen molar-refractivity contribution in [2.24, 2.45) is 0 Å². The quantitative estimate of drug-likeness (QED) is 0.525. The third-order valence-corrected chi connectivity index (χ3v) is 4.21. The third kappa shape index (κ3) is 2.53. The number of imidazole rings is 1. The van der Waals surface area contributed by atoms with Gasteiger partial charge in [-0.25, -0.2) is 4.98 Å². The second kappa shape index (κ2) is 5.54. The Morgan fingerprint density at radius 3 is 2.81 bits per heavy atom. The van der Waals surface area contributed by atoms with Gasteiger partial charge in [0.2, 0.25) is 5.95 Å². The highest BCUT2D eigenvalue weighted by atomic mass is 35.5. The molecule has 1 saturated heterocycles. The van der Waals surface area contributed by atoms with E-state index in [-0.39, 0.29) is 17.7 Å². The Hall–Kier alpha value is -1.19. The summed E-state index contributed by atoms with van der Waals surface area (Å²) in [5.74, 6) is 0.0392. The molecule has 1 aliphatic heterocycles. The van der Waals surface area contributed by atoms with Crippen LogP contribution in [0.4, 0.5) is 5.95 Å². The monoisotopic (exact) mass is 333 g/mol. The van der Waals surface area contributed by atoms with Crippen molar-refractivity contribution in [1.29, 1.82) is 0 Å². The lowest BCUT2D eigenvalue weighted by molar-refractivity contribution is -0.0255. The number of nitrogens with zero attached hydrogens (tertiary/aromatic N) is 4. The summed E-state index contributed by atoms with van der Waals surface area (Å²) in [5, 5.41) is 18.5. The molecule has 1 aliphatic rings. The Kier molecular flexibility index (Phi) is 3.89. The minimum absolute atomic E-state index is 0.0392. The SMILES string of the molecule is Nc1nc(Cl)c2ncn(C[C@@H]3O[C@H](CO)[C@@H](O)[C@@H]3Cl)c2n1. The van der Waals surface area contributed by atoms with Crippen LogP contribution in [0.1, 0.15) is 0 Å². The topological polar surface area (TPSA) is 119 Å². The van der Waals surface area contributed by atoms with Crippen molar-refractivity contribution in [3.8, 4) is 0 Å². The summed E-state index contributed by atoms with van der Waals surface area (Å²) in [6.45, 7) is -0.00246. The maximum Gasteiger partial charge on any atom is 0.223 e. The van der Waals surface area contributed by atoms with E-state index in [0.717, 1.165) is 0 Å². The summed E-state index contributed by atoms with van der Waals surface area (Å²) < 4.78 is 7.20. The van der Waals surface area contributed by atoms with E-state index < -0.39 is 23.7 Å². The number of aliphatic hydroxyl groups excluding tert-OH is 2. The molecule has 114 valence electrons. The Balaban J connectivity index is 1.89. The number of alkyl halides is 1. The second-order valence-electron chi connectivity index (χ2n) is 4.77. The summed E-state index contributed by atoms with van der Waals surface area (Å²) in [6, 6.07) is 0. The van der Waals surface area contributed by atoms with Crippen LogP contribution in [0.15, 0.2) is 6.33 Å². The van der Waals surface area contributed by atoms with Crippen molar-refractivity contribution >= 4 is 40.3 Å². The fourth-order valence-corrected chi connectivity index (χ4v) is 2.87. The van der Waals surface area contributed by atoms with Crippen molar-refractivity contribution in [1.82, 2.24) is 19.5 Å². The predicted octanol–water partition coefficient (Wildman–Crippen LogP) is -0.210. The molecule has 4 atom stereocenters. The molecule has 8 nitrogen and oxygen atoms in total. The zero-order valence-corrected chi connectivity index (χ0v) is 12.2. The summed E-state index contributed by atoms with van der Waals surface area (Å²) in [7, 11) is 0. The van der Waals surface area contributed by atoms with Crippen molar-refractivity contribution in [3.63, 3.8) is 0 Å². The largest absolute Gasteiger partial charge is 0.394 e. The average molecular weight is 334 g/mol. The van der Waals surface area contributed by atoms with Crippen LogP contribution < -0.4 is 5.73 Å². The van der Waals surface area contributed by atoms with E-state index in [1.807, 2.05) is 0 Å². The van der Waals surface area contributed by atoms with E-state index in [2.05, 4.69) is 15.0 Å². The number of rotatable bonds is 3. The molecule has 10 heteroatoms. The summed E-state index contributed by atoms with van der Waals surface area (Å²) in [6.07, 6.45) is -0.600. The molecule has 21 heavy (non-hydrogen) atoms. The van der Waals surface area contributed by atoms with Crippen molar-refractivity contribution in [3.05, 3.63) is 11.5 Å². The number of nitrogen functional groups attached to an aromatic ring is 1. The van der Waals surface area contributed by atoms with Crippen molar-refractivity contribution in [2.45, 2.75) is 30.2 Å². The number of anilines is 1. The van der Waals surface area contributed by atoms with E-state index >= 15 is 0 Å². The Morgan fingerprint density at radius 2 is 2.14 bits per heavy atom. The molecule has 0 radical (unpaired) electrons. The van der Waals surface area contributed by atoms with Crippen LogP contribution in [0.25, 0.3) is 11.2 Å². The van der Waals surface area contributed by atoms with Crippen LogP contribution in [0.5, 0.6) is 0 Å². The van der Waals surface area contributed by atoms with Gasteiger partial charge < -0.3 is 25.3 Å². The van der Waals surface area contributed by atoms with E-state index in [1.165, 1.54) is 6.33 Å². The molecule has 0 aromatic carbocycles. The first-order valence-corrected chi connectivity index (χ1v) is 7.05. The van der Waals surface area contributed by atoms with Gasteiger partial charge in [0.15, 0.2) is 10.8 Å². The number of ether oxygens (including phenoxy) is 1. The molecule has 2 aromatic heterocycles. The Bertz CT molecular complexity index is 667. The maximum atomic E-state index is 9.85. The molecular weight excluding hydrogens is 321 g/mol. The van der Waals surface area contributed by atoms with Gasteiger partial charge in [0.25, 0.3) is 0 Å². The van der Waals surface area contributed by atoms with Gasteiger partial charge in [-0.15, -0.1) is 11.6 Å². The smallest absolute Gasteiger partial charge is 0.223 e. The molecule has 1 fully saturated rings. The lowest BCUT2D eigenvalue weighted by Gasteiger charge is -2.14. The molecule has 0 amide bonds. The summed E-state index contributed by atoms with van der Waals surface area (Å²) in [4.78, 5) is 12.0. The van der Waals surface area contributed by atoms with E-state index in [0.29, 0.717) is 17.7 Å². The maximum absolute atomic E-state index is 9.85. The molecule has 0 bridgehead atoms. The predicted molar refractivity (Wildman–Crippen MR) is 76.1 cm³/mol. The first-order valence-electron chi connectivity index (χ1n) is 6.23. The third-order valence-electron chi connectivity index (χ3n) is 3.41. The first-order chi connectivity index (χ1) is 10.0. The number of aromatic nitrogens is 4. The van der Waals surface area contributed by atoms with Gasteiger partial charge in [-0.2, -0.15) is 9.97 Å². The minimum atomic E-state index is -0.931. The molecule has 3 heterocycles. The number of nitrogens with two attached hydrogens (primary N) is 1. The first kappa shape index (κ1) is 14.7. The highest BCUT2D eigenvalue weighted by molar-refractivity contribution is 6.33. The minimum Gasteiger partial charge on any atom is -0.394 e. The Morgan fingerprint density at radius 1 is 1.38 bits per heavy atom. The molecule has 3 rings (SSSR count). The van der Waals surface area contributed by atoms with Crippen molar-refractivity contribution < 1.29 is 14.9 Å². The van der Waals surface area contributed by atoms with Gasteiger partial charge in [0.1, 0.15) is 17.7 Å². The number of fused-ring (bicyclic) bond motifs is 1. The van der Waals surface area contributed by atoms with Crippen LogP contribution >= 0.6 is 23.2 Å². The summed E-state index contributed by atoms with van der Waals surface area (Å²) in [5.41, 5.74) is 6.46. The number of hydrogen-bond donors (Lipinski definition) is 3. The lowest BCUT2D eigenvalue weighted by Crippen LogP contribution is -2.31. The molecule has 0 saturated carbocycles. The zero-order chi connectivity index (χ0) is 15.1. The molecule has 4 N–H and O–H groups in total. The molecule has 0 aliphatic carbocycles. The average Bonchev–Trinajstić information content (AvgIpc) is 2.96. The molecular formula is C11H13Cl2N5O3. The van der Waals surface area contributed by atoms with Gasteiger partial charge in [0.05, 0.1) is 31.0 Å². The van der Waals surface area contributed by atoms with Crippen LogP contribution in [-0.4, -0.2) is 60.0 Å². The summed E-state index contributed by atoms with van der Waals surface area (Å²) >= 11 is 12.1. The van der Waals surface area contributed by atoms with Crippen LogP contribution in [0, 0.1) is 0 Å². The second-order valence-corrected chi connectivity index (χ2v) is 5.63. The standard InChI is InChI=1S/C11H13Cl2N5O3/c12-6-4(21-5(2-19)8(6)20)1-18-3-15-7-9(13)16-11(14)17-10(7)18/h3-6,8,19-20H,1-2H2,(H2,14,16,17)/t4-,5+,6+,8+/m0/s1. The van der Waals surface area contributed by atoms with Gasteiger partial charge in [-0.1, -0.05) is 11.6 Å². The molecule has 2 aromatic rings. The van der Waals surface area contributed by atoms with Crippen LogP contribution in [0.2, 0.25) is 5.15 Å². The van der Waals surface area contributed by atoms with Crippen molar-refractivity contribution in [2.75, 3.05) is 12.3 Å². The number of hydrogen-bond acceptors (Lipinski definition) is 7. The van der Waals surface area contributed by atoms with E-state index in [4.69, 9.17) is 38.8 Å². The fraction of sp³-hybridized carbons (Fsp3) is 0.545. The molecule has 0 unspecified atom stereocenters. The lowest BCUT2D eigenvalue weighted by atomic mass is 10.1. The zero-order valence-electron chi connectivity index (χ0n) is 10.7. The number of halogens is 2. The van der Waals surface area contributed by atoms with Crippen LogP contribution in [0.3, 0.4) is 0 Å². The van der Waals surface area contributed by atoms with E-state index in [1.54, 1.807) is 4.57 Å². The van der Waals surface area contributed by atoms with Gasteiger partial charge in [-0.05, 0) is 0 Å². The Labute approximate surface area is 129 Å². The van der Waals surface area contributed by atoms with Crippen LogP contribution in [-0.2, 0) is 11.3 Å². The van der Waals surface area contributed by atoms with Gasteiger partial charge in [-0.3, -0.25) is 0 Å². The fourth-order valence-electron chi connectivity index (χ4n) is 2.35. The normalized spacial score (nSPS) is 29.3. The van der Waals surface area contributed by atoms with E-state index in [9.17, 15) is 5.11 Å².